The van der Waals surface area contributed by atoms with E-state index in [0.29, 0.717) is 0 Å². The van der Waals surface area contributed by atoms with E-state index in [-0.39, 0.29) is 0 Å². The minimum Gasteiger partial charge on any atom is -0.145 e. The van der Waals surface area contributed by atoms with Crippen LogP contribution in [0.15, 0.2) is 0 Å². The van der Waals surface area contributed by atoms with Gasteiger partial charge in [-0.15, -0.1) is 11.3 Å². The molecule has 0 aromatic carbocycles. The molecule has 1 rings (SSSR count). The van der Waals surface area contributed by atoms with Crippen LogP contribution in [0.25, 0.3) is 0 Å². The first-order valence-corrected chi connectivity index (χ1v) is 8.04. The third-order valence-corrected chi connectivity index (χ3v) is 4.91. The Labute approximate surface area is 111 Å². The highest BCUT2D eigenvalue weighted by atomic mass is 32.1. The van der Waals surface area contributed by atoms with Crippen molar-refractivity contribution in [3.63, 3.8) is 0 Å². The van der Waals surface area contributed by atoms with Crippen molar-refractivity contribution in [2.45, 2.75) is 79.1 Å². The first-order valence-electron chi connectivity index (χ1n) is 7.22. The topological polar surface area (TPSA) is 0 Å². The van der Waals surface area contributed by atoms with Crippen LogP contribution in [0.4, 0.5) is 0 Å². The van der Waals surface area contributed by atoms with Gasteiger partial charge in [0.25, 0.3) is 0 Å². The molecule has 1 aromatic rings. The second kappa shape index (κ2) is 7.92. The monoisotopic (exact) mass is 252 g/mol. The molecule has 0 N–H and O–H groups in total. The number of thiophene rings is 1. The molecule has 0 aliphatic carbocycles. The Morgan fingerprint density at radius 2 is 1.35 bits per heavy atom. The largest absolute Gasteiger partial charge is 0.145 e. The second-order valence-corrected chi connectivity index (χ2v) is 6.62. The molecule has 1 heteroatoms. The average molecular weight is 252 g/mol. The Morgan fingerprint density at radius 3 is 1.88 bits per heavy atom. The van der Waals surface area contributed by atoms with E-state index in [2.05, 4.69) is 27.7 Å². The summed E-state index contributed by atoms with van der Waals surface area (Å²) in [7, 11) is 0. The van der Waals surface area contributed by atoms with Crippen LogP contribution in [-0.4, -0.2) is 0 Å². The molecule has 1 heterocycles. The molecule has 0 spiro atoms. The Kier molecular flexibility index (Phi) is 6.87. The van der Waals surface area contributed by atoms with Gasteiger partial charge >= 0.3 is 0 Å². The molecular formula is C16H28S. The highest BCUT2D eigenvalue weighted by molar-refractivity contribution is 7.12. The minimum atomic E-state index is 1.30. The Bertz CT molecular complexity index is 323. The van der Waals surface area contributed by atoms with Crippen LogP contribution in [0.5, 0.6) is 0 Å². The van der Waals surface area contributed by atoms with Crippen molar-refractivity contribution >= 4 is 11.3 Å². The molecule has 0 atom stereocenters. The van der Waals surface area contributed by atoms with E-state index in [1.807, 2.05) is 11.3 Å². The molecular weight excluding hydrogens is 224 g/mol. The smallest absolute Gasteiger partial charge is 0.00517 e. The van der Waals surface area contributed by atoms with Crippen LogP contribution in [0, 0.1) is 20.8 Å². The van der Waals surface area contributed by atoms with E-state index in [4.69, 9.17) is 0 Å². The van der Waals surface area contributed by atoms with Gasteiger partial charge in [0.1, 0.15) is 0 Å². The number of rotatable bonds is 8. The van der Waals surface area contributed by atoms with Crippen LogP contribution in [-0.2, 0) is 6.42 Å². The van der Waals surface area contributed by atoms with Crippen molar-refractivity contribution in [1.29, 1.82) is 0 Å². The van der Waals surface area contributed by atoms with E-state index in [9.17, 15) is 0 Å². The van der Waals surface area contributed by atoms with Crippen LogP contribution >= 0.6 is 11.3 Å². The maximum absolute atomic E-state index is 2.29. The second-order valence-electron chi connectivity index (χ2n) is 5.19. The third-order valence-electron chi connectivity index (χ3n) is 3.74. The van der Waals surface area contributed by atoms with Crippen molar-refractivity contribution in [2.75, 3.05) is 0 Å². The molecule has 0 aliphatic rings. The number of aryl methyl sites for hydroxylation is 2. The summed E-state index contributed by atoms with van der Waals surface area (Å²) in [6.07, 6.45) is 11.2. The SMILES string of the molecule is CCCCCCCCCc1c(C)sc(C)c1C. The van der Waals surface area contributed by atoms with Gasteiger partial charge in [0.05, 0.1) is 0 Å². The van der Waals surface area contributed by atoms with Crippen molar-refractivity contribution in [2.24, 2.45) is 0 Å². The van der Waals surface area contributed by atoms with Crippen molar-refractivity contribution in [1.82, 2.24) is 0 Å². The van der Waals surface area contributed by atoms with Crippen LogP contribution in [0.2, 0.25) is 0 Å². The van der Waals surface area contributed by atoms with E-state index in [1.165, 1.54) is 56.2 Å². The Hall–Kier alpha value is -0.300. The maximum atomic E-state index is 2.29. The molecule has 0 amide bonds. The van der Waals surface area contributed by atoms with Crippen molar-refractivity contribution in [3.05, 3.63) is 20.9 Å². The van der Waals surface area contributed by atoms with E-state index in [0.717, 1.165) is 0 Å². The zero-order valence-electron chi connectivity index (χ0n) is 12.1. The van der Waals surface area contributed by atoms with Crippen LogP contribution in [0.3, 0.4) is 0 Å². The Balaban J connectivity index is 2.18. The molecule has 0 saturated heterocycles. The molecule has 0 unspecified atom stereocenters. The van der Waals surface area contributed by atoms with Crippen molar-refractivity contribution < 1.29 is 0 Å². The standard InChI is InChI=1S/C16H28S/c1-5-6-7-8-9-10-11-12-16-13(2)14(3)17-15(16)4/h5-12H2,1-4H3. The molecule has 1 aromatic heterocycles. The lowest BCUT2D eigenvalue weighted by atomic mass is 10.0. The summed E-state index contributed by atoms with van der Waals surface area (Å²) in [4.78, 5) is 3.06. The summed E-state index contributed by atoms with van der Waals surface area (Å²) in [6, 6.07) is 0. The van der Waals surface area contributed by atoms with Crippen molar-refractivity contribution in [3.8, 4) is 0 Å². The van der Waals surface area contributed by atoms with Gasteiger partial charge in [-0.2, -0.15) is 0 Å². The van der Waals surface area contributed by atoms with Gasteiger partial charge in [-0.3, -0.25) is 0 Å². The van der Waals surface area contributed by atoms with Gasteiger partial charge in [0, 0.05) is 9.75 Å². The zero-order valence-corrected chi connectivity index (χ0v) is 12.9. The fourth-order valence-electron chi connectivity index (χ4n) is 2.47. The lowest BCUT2D eigenvalue weighted by Crippen LogP contribution is -1.89. The zero-order chi connectivity index (χ0) is 12.7. The van der Waals surface area contributed by atoms with E-state index in [1.54, 1.807) is 16.0 Å². The van der Waals surface area contributed by atoms with Gasteiger partial charge in [-0.05, 0) is 44.7 Å². The van der Waals surface area contributed by atoms with Gasteiger partial charge in [-0.1, -0.05) is 45.4 Å². The molecule has 0 radical (unpaired) electrons. The first-order chi connectivity index (χ1) is 8.16. The van der Waals surface area contributed by atoms with Gasteiger partial charge in [-0.25, -0.2) is 0 Å². The summed E-state index contributed by atoms with van der Waals surface area (Å²) >= 11 is 1.97. The molecule has 0 saturated carbocycles. The lowest BCUT2D eigenvalue weighted by molar-refractivity contribution is 0.589. The van der Waals surface area contributed by atoms with E-state index >= 15 is 0 Å². The molecule has 17 heavy (non-hydrogen) atoms. The van der Waals surface area contributed by atoms with Crippen LogP contribution < -0.4 is 0 Å². The summed E-state index contributed by atoms with van der Waals surface area (Å²) in [5.41, 5.74) is 3.19. The third kappa shape index (κ3) is 4.83. The minimum absolute atomic E-state index is 1.30. The summed E-state index contributed by atoms with van der Waals surface area (Å²) in [5.74, 6) is 0. The van der Waals surface area contributed by atoms with Crippen LogP contribution in [0.1, 0.15) is 72.8 Å². The number of unbranched alkanes of at least 4 members (excludes halogenated alkanes) is 6. The Morgan fingerprint density at radius 1 is 0.765 bits per heavy atom. The average Bonchev–Trinajstić information content (AvgIpc) is 2.54. The molecule has 0 aliphatic heterocycles. The fraction of sp³-hybridized carbons (Fsp3) is 0.750. The van der Waals surface area contributed by atoms with Gasteiger partial charge in [0.15, 0.2) is 0 Å². The van der Waals surface area contributed by atoms with E-state index < -0.39 is 0 Å². The predicted molar refractivity (Wildman–Crippen MR) is 80.2 cm³/mol. The lowest BCUT2D eigenvalue weighted by Gasteiger charge is -2.03. The first kappa shape index (κ1) is 14.8. The summed E-state index contributed by atoms with van der Waals surface area (Å²) < 4.78 is 0. The quantitative estimate of drug-likeness (QED) is 0.500. The fourth-order valence-corrected chi connectivity index (χ4v) is 3.58. The van der Waals surface area contributed by atoms with Gasteiger partial charge < -0.3 is 0 Å². The van der Waals surface area contributed by atoms with Gasteiger partial charge in [0.2, 0.25) is 0 Å². The highest BCUT2D eigenvalue weighted by Crippen LogP contribution is 2.28. The molecule has 0 nitrogen and oxygen atoms in total. The molecule has 0 bridgehead atoms. The molecule has 0 fully saturated rings. The molecule has 98 valence electrons. The summed E-state index contributed by atoms with van der Waals surface area (Å²) in [6.45, 7) is 9.10. The number of hydrogen-bond donors (Lipinski definition) is 0. The number of hydrogen-bond acceptors (Lipinski definition) is 1. The highest BCUT2D eigenvalue weighted by Gasteiger charge is 2.08. The summed E-state index contributed by atoms with van der Waals surface area (Å²) in [5, 5.41) is 0. The predicted octanol–water partition coefficient (Wildman–Crippen LogP) is 5.97. The normalized spacial score (nSPS) is 11.1. The maximum Gasteiger partial charge on any atom is 0.00517 e.